The number of aromatic hydroxyl groups is 1. The van der Waals surface area contributed by atoms with Crippen molar-refractivity contribution in [1.29, 1.82) is 0 Å². The maximum Gasteiger partial charge on any atom is 0.342 e. The van der Waals surface area contributed by atoms with Crippen LogP contribution in [0.5, 0.6) is 23.0 Å². The SMILES string of the molecule is CCOP(=O)(CCNC/C(C)=C/Cc1c(OC)c(C)c2c(c1OCC[Si](C)(C)C)C(=O)OC2)OCC.COc1c(C)c2c(c(O)c1C/C=C(\C)CNCCP(=O)(O)O)C(=O)OC2. The topological polar surface area (TPSA) is 218 Å². The molecule has 0 aromatic heterocycles. The van der Waals surface area contributed by atoms with Crippen LogP contribution >= 0.6 is 15.2 Å². The third-order valence-corrected chi connectivity index (χ3v) is 14.9. The molecule has 0 spiro atoms. The number of cyclic esters (lactones) is 2. The highest BCUT2D eigenvalue weighted by atomic mass is 31.2. The van der Waals surface area contributed by atoms with E-state index in [9.17, 15) is 23.8 Å². The monoisotopic (exact) mass is 926 g/mol. The minimum absolute atomic E-state index is 0.122. The molecule has 348 valence electrons. The van der Waals surface area contributed by atoms with Gasteiger partial charge in [-0.1, -0.05) is 42.9 Å². The van der Waals surface area contributed by atoms with Gasteiger partial charge < -0.3 is 58.3 Å². The van der Waals surface area contributed by atoms with Crippen LogP contribution in [0.2, 0.25) is 25.7 Å². The standard InChI is InChI=1S/C26H44NO7PSi.C17H24NO7P/c1-9-33-35(29,34-10-2)15-13-27-17-19(3)11-12-21-24(30-5)20(4)22-18-32-26(28)23(22)25(21)31-14-16-36(6,7)8;1-10(8-18-6-7-26(21,22)23)4-5-12-15(19)14-13(9-25-17(14)20)11(2)16(12)24-3/h11,27H,9-10,12-18H2,1-8H3;4,18-19H,5-9H2,1-3H3,(H2,21,22,23)/b19-11+;10-4+. The van der Waals surface area contributed by atoms with Crippen molar-refractivity contribution in [1.82, 2.24) is 10.6 Å². The number of rotatable bonds is 24. The first kappa shape index (κ1) is 52.8. The summed E-state index contributed by atoms with van der Waals surface area (Å²) in [5.41, 5.74) is 7.31. The van der Waals surface area contributed by atoms with Gasteiger partial charge >= 0.3 is 27.1 Å². The highest BCUT2D eigenvalue weighted by molar-refractivity contribution is 7.53. The van der Waals surface area contributed by atoms with E-state index in [1.54, 1.807) is 7.11 Å². The van der Waals surface area contributed by atoms with E-state index in [1.807, 2.05) is 47.6 Å². The average molecular weight is 927 g/mol. The van der Waals surface area contributed by atoms with Crippen molar-refractivity contribution in [2.24, 2.45) is 0 Å². The summed E-state index contributed by atoms with van der Waals surface area (Å²) in [6.45, 7) is 21.6. The molecule has 2 aromatic carbocycles. The minimum atomic E-state index is -4.00. The lowest BCUT2D eigenvalue weighted by Crippen LogP contribution is -2.23. The zero-order chi connectivity index (χ0) is 46.4. The van der Waals surface area contributed by atoms with Gasteiger partial charge in [0.15, 0.2) is 0 Å². The smallest absolute Gasteiger partial charge is 0.342 e. The molecule has 0 atom stereocenters. The maximum atomic E-state index is 12.6. The Bertz CT molecular complexity index is 2050. The molecule has 2 aromatic rings. The molecule has 0 saturated carbocycles. The van der Waals surface area contributed by atoms with Crippen molar-refractivity contribution >= 4 is 35.2 Å². The summed E-state index contributed by atoms with van der Waals surface area (Å²) in [6, 6.07) is 0.985. The van der Waals surface area contributed by atoms with E-state index in [0.29, 0.717) is 86.6 Å². The van der Waals surface area contributed by atoms with E-state index in [1.165, 1.54) is 7.11 Å². The molecule has 2 aliphatic rings. The molecule has 4 rings (SSSR count). The number of phenolic OH excluding ortho intramolecular Hbond substituents is 1. The van der Waals surface area contributed by atoms with Gasteiger partial charge in [-0.2, -0.15) is 0 Å². The summed E-state index contributed by atoms with van der Waals surface area (Å²) in [7, 11) is -5.22. The van der Waals surface area contributed by atoms with E-state index in [-0.39, 0.29) is 43.2 Å². The molecular weight excluding hydrogens is 859 g/mol. The fraction of sp³-hybridized carbons (Fsp3) is 0.581. The second-order valence-corrected chi connectivity index (χ2v) is 26.0. The first-order valence-electron chi connectivity index (χ1n) is 20.9. The first-order valence-corrected chi connectivity index (χ1v) is 28.1. The van der Waals surface area contributed by atoms with Crippen molar-refractivity contribution in [2.45, 2.75) is 93.3 Å². The summed E-state index contributed by atoms with van der Waals surface area (Å²) in [5, 5.41) is 16.8. The molecule has 0 amide bonds. The van der Waals surface area contributed by atoms with Gasteiger partial charge in [0.25, 0.3) is 0 Å². The fourth-order valence-corrected chi connectivity index (χ4v) is 9.64. The van der Waals surface area contributed by atoms with Crippen molar-refractivity contribution in [3.63, 3.8) is 0 Å². The Morgan fingerprint density at radius 1 is 0.758 bits per heavy atom. The fourth-order valence-electron chi connectivity index (χ4n) is 6.92. The number of esters is 2. The Labute approximate surface area is 367 Å². The molecule has 0 radical (unpaired) electrons. The molecule has 0 unspecified atom stereocenters. The minimum Gasteiger partial charge on any atom is -0.507 e. The highest BCUT2D eigenvalue weighted by Crippen LogP contribution is 2.47. The van der Waals surface area contributed by atoms with Crippen LogP contribution in [0.3, 0.4) is 0 Å². The number of carbonyl (C=O) groups excluding carboxylic acids is 2. The largest absolute Gasteiger partial charge is 0.507 e. The number of fused-ring (bicyclic) bond motifs is 2. The van der Waals surface area contributed by atoms with E-state index < -0.39 is 29.2 Å². The van der Waals surface area contributed by atoms with Crippen LogP contribution in [0.4, 0.5) is 0 Å². The molecule has 0 saturated heterocycles. The lowest BCUT2D eigenvalue weighted by atomic mass is 9.95. The van der Waals surface area contributed by atoms with Crippen LogP contribution in [-0.4, -0.2) is 107 Å². The molecular formula is C43H68N2O14P2Si. The third-order valence-electron chi connectivity index (χ3n) is 10.3. The molecule has 2 heterocycles. The molecule has 2 aliphatic heterocycles. The maximum absolute atomic E-state index is 12.6. The number of carbonyl (C=O) groups is 2. The van der Waals surface area contributed by atoms with Crippen LogP contribution in [0.1, 0.15) is 81.8 Å². The molecule has 19 heteroatoms. The van der Waals surface area contributed by atoms with Crippen LogP contribution in [-0.2, 0) is 53.7 Å². The van der Waals surface area contributed by atoms with Gasteiger partial charge in [0.1, 0.15) is 47.3 Å². The number of methoxy groups -OCH3 is 2. The number of ether oxygens (including phenoxy) is 5. The van der Waals surface area contributed by atoms with Gasteiger partial charge in [-0.25, -0.2) is 9.59 Å². The van der Waals surface area contributed by atoms with E-state index in [2.05, 4.69) is 36.4 Å². The van der Waals surface area contributed by atoms with Gasteiger partial charge in [0.05, 0.1) is 46.4 Å². The van der Waals surface area contributed by atoms with Gasteiger partial charge in [-0.3, -0.25) is 9.13 Å². The van der Waals surface area contributed by atoms with Crippen molar-refractivity contribution in [2.75, 3.05) is 72.5 Å². The number of hydrogen-bond acceptors (Lipinski definition) is 14. The molecule has 0 bridgehead atoms. The Morgan fingerprint density at radius 2 is 1.23 bits per heavy atom. The predicted octanol–water partition coefficient (Wildman–Crippen LogP) is 7.37. The number of hydrogen-bond donors (Lipinski definition) is 5. The highest BCUT2D eigenvalue weighted by Gasteiger charge is 2.34. The van der Waals surface area contributed by atoms with E-state index in [0.717, 1.165) is 45.2 Å². The van der Waals surface area contributed by atoms with Crippen molar-refractivity contribution in [3.8, 4) is 23.0 Å². The molecule has 0 aliphatic carbocycles. The Hall–Kier alpha value is -3.50. The lowest BCUT2D eigenvalue weighted by Gasteiger charge is -2.21. The third kappa shape index (κ3) is 15.1. The summed E-state index contributed by atoms with van der Waals surface area (Å²) in [4.78, 5) is 42.2. The first-order chi connectivity index (χ1) is 29.1. The number of benzene rings is 2. The van der Waals surface area contributed by atoms with Crippen LogP contribution in [0.15, 0.2) is 23.3 Å². The van der Waals surface area contributed by atoms with E-state index >= 15 is 0 Å². The molecule has 62 heavy (non-hydrogen) atoms. The normalized spacial score (nSPS) is 14.2. The summed E-state index contributed by atoms with van der Waals surface area (Å²) in [5.74, 6) is 0.849. The van der Waals surface area contributed by atoms with E-state index in [4.69, 9.17) is 42.5 Å². The number of allylic oxidation sites excluding steroid dienone is 2. The predicted molar refractivity (Wildman–Crippen MR) is 242 cm³/mol. The molecule has 5 N–H and O–H groups in total. The Morgan fingerprint density at radius 3 is 1.71 bits per heavy atom. The van der Waals surface area contributed by atoms with Gasteiger partial charge in [-0.05, 0) is 71.6 Å². The molecule has 16 nitrogen and oxygen atoms in total. The Balaban J connectivity index is 0.000000348. The van der Waals surface area contributed by atoms with Gasteiger partial charge in [-0.15, -0.1) is 0 Å². The number of phenols is 1. The lowest BCUT2D eigenvalue weighted by molar-refractivity contribution is 0.0523. The quantitative estimate of drug-likeness (QED) is 0.0228. The van der Waals surface area contributed by atoms with Crippen LogP contribution in [0, 0.1) is 13.8 Å². The summed E-state index contributed by atoms with van der Waals surface area (Å²) < 4.78 is 62.0. The zero-order valence-electron chi connectivity index (χ0n) is 38.3. The Kier molecular flexibility index (Phi) is 20.4. The second kappa shape index (κ2) is 24.0. The number of nitrogens with one attached hydrogen (secondary N) is 2. The summed E-state index contributed by atoms with van der Waals surface area (Å²) >= 11 is 0. The van der Waals surface area contributed by atoms with Gasteiger partial charge in [0.2, 0.25) is 0 Å². The van der Waals surface area contributed by atoms with Crippen LogP contribution < -0.4 is 24.8 Å². The van der Waals surface area contributed by atoms with Crippen molar-refractivity contribution in [3.05, 3.63) is 67.8 Å². The summed E-state index contributed by atoms with van der Waals surface area (Å²) in [6.07, 6.45) is 4.97. The average Bonchev–Trinajstić information content (AvgIpc) is 3.78. The molecule has 0 fully saturated rings. The van der Waals surface area contributed by atoms with Crippen molar-refractivity contribution < 1.29 is 66.3 Å². The van der Waals surface area contributed by atoms with Crippen LogP contribution in [0.25, 0.3) is 0 Å². The zero-order valence-corrected chi connectivity index (χ0v) is 41.1. The van der Waals surface area contributed by atoms with Gasteiger partial charge in [0, 0.05) is 56.5 Å². The second-order valence-electron chi connectivity index (χ2n) is 16.4.